The largest absolute Gasteiger partial charge is 0.355 e. The fraction of sp³-hybridized carbons (Fsp3) is 0.0526. The third-order valence-electron chi connectivity index (χ3n) is 3.85. The van der Waals surface area contributed by atoms with Gasteiger partial charge in [-0.05, 0) is 55.0 Å². The molecule has 4 aromatic rings. The number of halogens is 1. The van der Waals surface area contributed by atoms with Gasteiger partial charge in [-0.25, -0.2) is 4.98 Å². The Morgan fingerprint density at radius 2 is 1.96 bits per heavy atom. The first-order valence-corrected chi connectivity index (χ1v) is 8.40. The van der Waals surface area contributed by atoms with Gasteiger partial charge in [-0.2, -0.15) is 0 Å². The first kappa shape index (κ1) is 14.9. The van der Waals surface area contributed by atoms with Gasteiger partial charge in [-0.15, -0.1) is 0 Å². The van der Waals surface area contributed by atoms with Crippen LogP contribution >= 0.6 is 15.9 Å². The predicted molar refractivity (Wildman–Crippen MR) is 101 cm³/mol. The summed E-state index contributed by atoms with van der Waals surface area (Å²) in [4.78, 5) is 8.55. The van der Waals surface area contributed by atoms with Gasteiger partial charge in [0.1, 0.15) is 0 Å². The molecule has 2 aromatic heterocycles. The lowest BCUT2D eigenvalue weighted by Gasteiger charge is -2.12. The van der Waals surface area contributed by atoms with Crippen molar-refractivity contribution in [2.75, 3.05) is 5.32 Å². The molecule has 0 atom stereocenters. The molecule has 2 aromatic carbocycles. The minimum atomic E-state index is 0.964. The van der Waals surface area contributed by atoms with Gasteiger partial charge in [0.2, 0.25) is 0 Å². The Hall–Kier alpha value is -2.66. The number of aromatic nitrogens is 3. The SMILES string of the molecule is Cc1cc(Nc2ccnc3ccc(Br)cc23)cc(-n2ccnc2)c1. The van der Waals surface area contributed by atoms with Gasteiger partial charge < -0.3 is 9.88 Å². The topological polar surface area (TPSA) is 42.7 Å². The van der Waals surface area contributed by atoms with Crippen LogP contribution in [0, 0.1) is 6.92 Å². The molecule has 0 aliphatic carbocycles. The lowest BCUT2D eigenvalue weighted by Crippen LogP contribution is -1.97. The molecule has 0 aliphatic heterocycles. The van der Waals surface area contributed by atoms with E-state index in [1.165, 1.54) is 5.56 Å². The monoisotopic (exact) mass is 378 g/mol. The Bertz CT molecular complexity index is 1010. The molecule has 0 bridgehead atoms. The summed E-state index contributed by atoms with van der Waals surface area (Å²) < 4.78 is 3.04. The second kappa shape index (κ2) is 6.09. The average molecular weight is 379 g/mol. The third kappa shape index (κ3) is 2.90. The minimum absolute atomic E-state index is 0.964. The molecule has 4 nitrogen and oxygen atoms in total. The van der Waals surface area contributed by atoms with E-state index < -0.39 is 0 Å². The molecule has 118 valence electrons. The number of nitrogens with zero attached hydrogens (tertiary/aromatic N) is 3. The van der Waals surface area contributed by atoms with Gasteiger partial charge in [0.15, 0.2) is 0 Å². The number of rotatable bonds is 3. The molecule has 0 amide bonds. The Kier molecular flexibility index (Phi) is 3.78. The molecule has 0 unspecified atom stereocenters. The standard InChI is InChI=1S/C19H15BrN4/c1-13-8-15(11-16(9-13)24-7-6-21-12-24)23-19-4-5-22-18-3-2-14(20)10-17(18)19/h2-12H,1H3,(H,22,23). The zero-order chi connectivity index (χ0) is 16.5. The van der Waals surface area contributed by atoms with E-state index in [1.807, 2.05) is 35.2 Å². The molecule has 0 saturated heterocycles. The van der Waals surface area contributed by atoms with E-state index in [9.17, 15) is 0 Å². The number of nitrogens with one attached hydrogen (secondary N) is 1. The number of aryl methyl sites for hydroxylation is 1. The number of fused-ring (bicyclic) bond motifs is 1. The van der Waals surface area contributed by atoms with Crippen LogP contribution in [0.2, 0.25) is 0 Å². The Morgan fingerprint density at radius 3 is 2.79 bits per heavy atom. The maximum absolute atomic E-state index is 4.43. The summed E-state index contributed by atoms with van der Waals surface area (Å²) in [6.07, 6.45) is 7.35. The van der Waals surface area contributed by atoms with Crippen molar-refractivity contribution < 1.29 is 0 Å². The van der Waals surface area contributed by atoms with Crippen molar-refractivity contribution in [1.82, 2.24) is 14.5 Å². The normalized spacial score (nSPS) is 10.9. The first-order valence-electron chi connectivity index (χ1n) is 7.60. The van der Waals surface area contributed by atoms with Gasteiger partial charge in [0.05, 0.1) is 11.8 Å². The number of imidazole rings is 1. The lowest BCUT2D eigenvalue weighted by molar-refractivity contribution is 1.05. The highest BCUT2D eigenvalue weighted by molar-refractivity contribution is 9.10. The minimum Gasteiger partial charge on any atom is -0.355 e. The fourth-order valence-electron chi connectivity index (χ4n) is 2.78. The summed E-state index contributed by atoms with van der Waals surface area (Å²) in [6, 6.07) is 14.5. The van der Waals surface area contributed by atoms with Crippen LogP contribution in [0.5, 0.6) is 0 Å². The molecular formula is C19H15BrN4. The van der Waals surface area contributed by atoms with Gasteiger partial charge in [0.25, 0.3) is 0 Å². The van der Waals surface area contributed by atoms with Crippen LogP contribution < -0.4 is 5.32 Å². The summed E-state index contributed by atoms with van der Waals surface area (Å²) in [5.41, 5.74) is 5.29. The summed E-state index contributed by atoms with van der Waals surface area (Å²) in [6.45, 7) is 2.09. The van der Waals surface area contributed by atoms with Crippen molar-refractivity contribution in [2.45, 2.75) is 6.92 Å². The molecule has 0 radical (unpaired) electrons. The summed E-state index contributed by atoms with van der Waals surface area (Å²) >= 11 is 3.54. The molecule has 0 fully saturated rings. The van der Waals surface area contributed by atoms with Crippen molar-refractivity contribution in [3.05, 3.63) is 77.4 Å². The van der Waals surface area contributed by atoms with Crippen LogP contribution in [0.1, 0.15) is 5.56 Å². The Labute approximate surface area is 148 Å². The van der Waals surface area contributed by atoms with Gasteiger partial charge in [-0.1, -0.05) is 15.9 Å². The highest BCUT2D eigenvalue weighted by atomic mass is 79.9. The maximum Gasteiger partial charge on any atom is 0.0991 e. The molecule has 2 heterocycles. The van der Waals surface area contributed by atoms with Crippen molar-refractivity contribution in [1.29, 1.82) is 0 Å². The lowest BCUT2D eigenvalue weighted by atomic mass is 10.1. The van der Waals surface area contributed by atoms with E-state index in [0.29, 0.717) is 0 Å². The predicted octanol–water partition coefficient (Wildman–Crippen LogP) is 5.24. The molecular weight excluding hydrogens is 364 g/mol. The van der Waals surface area contributed by atoms with Crippen molar-refractivity contribution in [3.8, 4) is 5.69 Å². The smallest absolute Gasteiger partial charge is 0.0991 e. The van der Waals surface area contributed by atoms with Gasteiger partial charge >= 0.3 is 0 Å². The summed E-state index contributed by atoms with van der Waals surface area (Å²) in [5.74, 6) is 0. The zero-order valence-electron chi connectivity index (χ0n) is 13.1. The molecule has 0 spiro atoms. The molecule has 4 rings (SSSR count). The maximum atomic E-state index is 4.43. The Balaban J connectivity index is 1.77. The number of hydrogen-bond acceptors (Lipinski definition) is 3. The van der Waals surface area contributed by atoms with Crippen molar-refractivity contribution in [3.63, 3.8) is 0 Å². The van der Waals surface area contributed by atoms with Crippen molar-refractivity contribution >= 4 is 38.2 Å². The van der Waals surface area contributed by atoms with E-state index >= 15 is 0 Å². The Morgan fingerprint density at radius 1 is 1.04 bits per heavy atom. The van der Waals surface area contributed by atoms with Crippen LogP contribution in [0.15, 0.2) is 71.9 Å². The van der Waals surface area contributed by atoms with Crippen LogP contribution in [-0.2, 0) is 0 Å². The molecule has 0 saturated carbocycles. The summed E-state index contributed by atoms with van der Waals surface area (Å²) in [5, 5.41) is 4.60. The van der Waals surface area contributed by atoms with E-state index in [1.54, 1.807) is 12.5 Å². The second-order valence-electron chi connectivity index (χ2n) is 5.67. The third-order valence-corrected chi connectivity index (χ3v) is 4.34. The van der Waals surface area contributed by atoms with E-state index in [0.717, 1.165) is 32.4 Å². The molecule has 0 aliphatic rings. The number of pyridine rings is 1. The highest BCUT2D eigenvalue weighted by Crippen LogP contribution is 2.29. The first-order chi connectivity index (χ1) is 11.7. The molecule has 24 heavy (non-hydrogen) atoms. The van der Waals surface area contributed by atoms with Gasteiger partial charge in [0, 0.05) is 45.5 Å². The number of hydrogen-bond donors (Lipinski definition) is 1. The molecule has 5 heteroatoms. The van der Waals surface area contributed by atoms with Crippen LogP contribution in [-0.4, -0.2) is 14.5 Å². The van der Waals surface area contributed by atoms with Crippen LogP contribution in [0.4, 0.5) is 11.4 Å². The quantitative estimate of drug-likeness (QED) is 0.530. The number of anilines is 2. The van der Waals surface area contributed by atoms with Crippen molar-refractivity contribution in [2.24, 2.45) is 0 Å². The van der Waals surface area contributed by atoms with Gasteiger partial charge in [-0.3, -0.25) is 4.98 Å². The summed E-state index contributed by atoms with van der Waals surface area (Å²) in [7, 11) is 0. The number of benzene rings is 2. The molecule has 1 N–H and O–H groups in total. The zero-order valence-corrected chi connectivity index (χ0v) is 14.7. The van der Waals surface area contributed by atoms with E-state index in [4.69, 9.17) is 0 Å². The average Bonchev–Trinajstić information content (AvgIpc) is 3.09. The van der Waals surface area contributed by atoms with E-state index in [-0.39, 0.29) is 0 Å². The second-order valence-corrected chi connectivity index (χ2v) is 6.59. The van der Waals surface area contributed by atoms with Crippen LogP contribution in [0.25, 0.3) is 16.6 Å². The highest BCUT2D eigenvalue weighted by Gasteiger charge is 2.05. The fourth-order valence-corrected chi connectivity index (χ4v) is 3.14. The van der Waals surface area contributed by atoms with E-state index in [2.05, 4.69) is 62.4 Å². The van der Waals surface area contributed by atoms with Crippen LogP contribution in [0.3, 0.4) is 0 Å².